The zero-order valence-electron chi connectivity index (χ0n) is 50.9. The largest absolute Gasteiger partial charge is 0.477 e. The van der Waals surface area contributed by atoms with Crippen LogP contribution in [0.1, 0.15) is 284 Å². The third-order valence-corrected chi connectivity index (χ3v) is 13.9. The quantitative estimate of drug-likeness (QED) is 0.0211. The molecule has 0 aromatic rings. The summed E-state index contributed by atoms with van der Waals surface area (Å²) >= 11 is 0. The van der Waals surface area contributed by atoms with Crippen LogP contribution >= 0.6 is 0 Å². The van der Waals surface area contributed by atoms with Crippen molar-refractivity contribution in [3.05, 3.63) is 72.9 Å². The summed E-state index contributed by atoms with van der Waals surface area (Å²) in [5.74, 6) is -2.00. The number of quaternary nitrogens is 1. The van der Waals surface area contributed by atoms with Gasteiger partial charge < -0.3 is 28.5 Å². The van der Waals surface area contributed by atoms with Gasteiger partial charge in [-0.05, 0) is 83.5 Å². The summed E-state index contributed by atoms with van der Waals surface area (Å²) in [5, 5.41) is 9.71. The Morgan fingerprint density at radius 3 is 1.10 bits per heavy atom. The number of hydrogen-bond acceptors (Lipinski definition) is 7. The standard InChI is InChI=1S/C68H121NO8/c1-6-8-10-12-14-16-18-20-22-24-25-26-27-28-29-30-31-32-33-34-35-36-37-38-39-40-41-43-45-47-49-51-53-55-57-59-66(71)77-64(63-76-68(67(72)73)74-61-60-69(3,4)5)62-75-65(70)58-56-54-52-50-48-46-44-42-23-21-19-17-15-13-11-9-7-2/h8,10,14-17,20-23,25-26,64,68H,6-7,9,11-13,18-19,24,27-63H2,1-5H3/p+1/b10-8-,16-14-,17-15-,22-20-,23-21-,26-25-. The predicted octanol–water partition coefficient (Wildman–Crippen LogP) is 19.4. The molecule has 0 aliphatic rings. The number of rotatable bonds is 59. The number of carboxylic acid groups (broad SMARTS) is 1. The first-order chi connectivity index (χ1) is 37.6. The summed E-state index contributed by atoms with van der Waals surface area (Å²) in [4.78, 5) is 37.5. The van der Waals surface area contributed by atoms with Gasteiger partial charge in [-0.2, -0.15) is 0 Å². The normalized spacial score (nSPS) is 13.2. The van der Waals surface area contributed by atoms with E-state index in [-0.39, 0.29) is 32.2 Å². The van der Waals surface area contributed by atoms with Crippen molar-refractivity contribution < 1.29 is 42.9 Å². The molecular weight excluding hydrogens is 959 g/mol. The Morgan fingerprint density at radius 1 is 0.403 bits per heavy atom. The number of aliphatic carboxylic acids is 1. The molecular formula is C68H122NO8+. The molecule has 0 aromatic heterocycles. The molecule has 0 heterocycles. The number of carbonyl (C=O) groups is 3. The van der Waals surface area contributed by atoms with Crippen LogP contribution in [0.25, 0.3) is 0 Å². The predicted molar refractivity (Wildman–Crippen MR) is 327 cm³/mol. The van der Waals surface area contributed by atoms with Gasteiger partial charge in [-0.1, -0.05) is 260 Å². The number of esters is 2. The van der Waals surface area contributed by atoms with Gasteiger partial charge in [0.1, 0.15) is 13.2 Å². The average molecular weight is 1080 g/mol. The lowest BCUT2D eigenvalue weighted by atomic mass is 10.0. The van der Waals surface area contributed by atoms with Gasteiger partial charge in [0.05, 0.1) is 34.4 Å². The van der Waals surface area contributed by atoms with E-state index in [2.05, 4.69) is 86.8 Å². The lowest BCUT2D eigenvalue weighted by molar-refractivity contribution is -0.870. The Balaban J connectivity index is 4.05. The monoisotopic (exact) mass is 1080 g/mol. The molecule has 1 N–H and O–H groups in total. The highest BCUT2D eigenvalue weighted by atomic mass is 16.7. The van der Waals surface area contributed by atoms with Crippen LogP contribution in [-0.4, -0.2) is 87.4 Å². The van der Waals surface area contributed by atoms with E-state index in [1.807, 2.05) is 21.1 Å². The molecule has 0 spiro atoms. The molecule has 2 atom stereocenters. The summed E-state index contributed by atoms with van der Waals surface area (Å²) in [5.41, 5.74) is 0. The van der Waals surface area contributed by atoms with Crippen molar-refractivity contribution in [2.75, 3.05) is 47.5 Å². The van der Waals surface area contributed by atoms with E-state index < -0.39 is 24.3 Å². The van der Waals surface area contributed by atoms with E-state index in [1.54, 1.807) is 0 Å². The lowest BCUT2D eigenvalue weighted by Gasteiger charge is -2.25. The highest BCUT2D eigenvalue weighted by Crippen LogP contribution is 2.17. The molecule has 0 radical (unpaired) electrons. The number of carboxylic acids is 1. The fraction of sp³-hybridized carbons (Fsp3) is 0.779. The SMILES string of the molecule is CC/C=C\C/C=C\C/C=C\C/C=C\CCCCCCCCCCCCCCCCCCCCCCCCC(=O)OC(COC(=O)CCCCCCCCC/C=C\C/C=C\CCCCC)COC(OCC[N+](C)(C)C)C(=O)O. The summed E-state index contributed by atoms with van der Waals surface area (Å²) < 4.78 is 22.9. The molecule has 9 nitrogen and oxygen atoms in total. The maximum absolute atomic E-state index is 12.9. The molecule has 2 unspecified atom stereocenters. The summed E-state index contributed by atoms with van der Waals surface area (Å²) in [6.45, 7) is 4.76. The third kappa shape index (κ3) is 60.2. The molecule has 0 bridgehead atoms. The van der Waals surface area contributed by atoms with Crippen LogP contribution in [0.3, 0.4) is 0 Å². The molecule has 0 fully saturated rings. The van der Waals surface area contributed by atoms with Gasteiger partial charge in [-0.3, -0.25) is 9.59 Å². The highest BCUT2D eigenvalue weighted by molar-refractivity contribution is 5.71. The van der Waals surface area contributed by atoms with Crippen LogP contribution in [0.15, 0.2) is 72.9 Å². The zero-order chi connectivity index (χ0) is 56.2. The minimum atomic E-state index is -1.51. The fourth-order valence-electron chi connectivity index (χ4n) is 9.04. The van der Waals surface area contributed by atoms with Gasteiger partial charge in [-0.15, -0.1) is 0 Å². The molecule has 0 aliphatic heterocycles. The van der Waals surface area contributed by atoms with Crippen LogP contribution in [0.4, 0.5) is 0 Å². The fourth-order valence-corrected chi connectivity index (χ4v) is 9.04. The summed E-state index contributed by atoms with van der Waals surface area (Å²) in [6.07, 6.45) is 74.3. The minimum absolute atomic E-state index is 0.185. The van der Waals surface area contributed by atoms with Crippen molar-refractivity contribution in [1.29, 1.82) is 0 Å². The molecule has 9 heteroatoms. The molecule has 446 valence electrons. The van der Waals surface area contributed by atoms with Crippen molar-refractivity contribution in [1.82, 2.24) is 0 Å². The van der Waals surface area contributed by atoms with Gasteiger partial charge in [0.25, 0.3) is 6.29 Å². The first kappa shape index (κ1) is 73.7. The number of hydrogen-bond donors (Lipinski definition) is 1. The molecule has 0 aromatic carbocycles. The van der Waals surface area contributed by atoms with E-state index >= 15 is 0 Å². The second kappa shape index (κ2) is 58.9. The van der Waals surface area contributed by atoms with Crippen LogP contribution in [0, 0.1) is 0 Å². The van der Waals surface area contributed by atoms with E-state index in [0.717, 1.165) is 83.5 Å². The summed E-state index contributed by atoms with van der Waals surface area (Å²) in [7, 11) is 5.97. The van der Waals surface area contributed by atoms with Crippen molar-refractivity contribution in [3.8, 4) is 0 Å². The Hall–Kier alpha value is -3.27. The first-order valence-corrected chi connectivity index (χ1v) is 32.1. The lowest BCUT2D eigenvalue weighted by Crippen LogP contribution is -2.40. The van der Waals surface area contributed by atoms with Crippen LogP contribution in [0.2, 0.25) is 0 Å². The van der Waals surface area contributed by atoms with Gasteiger partial charge >= 0.3 is 17.9 Å². The minimum Gasteiger partial charge on any atom is -0.477 e. The third-order valence-electron chi connectivity index (χ3n) is 13.9. The van der Waals surface area contributed by atoms with E-state index in [0.29, 0.717) is 17.4 Å². The Labute approximate surface area is 475 Å². The zero-order valence-corrected chi connectivity index (χ0v) is 50.9. The molecule has 77 heavy (non-hydrogen) atoms. The van der Waals surface area contributed by atoms with Crippen molar-refractivity contribution >= 4 is 17.9 Å². The smallest absolute Gasteiger partial charge is 0.361 e. The number of unbranched alkanes of at least 4 members (excludes halogenated alkanes) is 32. The van der Waals surface area contributed by atoms with Crippen molar-refractivity contribution in [2.45, 2.75) is 296 Å². The van der Waals surface area contributed by atoms with Crippen LogP contribution < -0.4 is 0 Å². The number of ether oxygens (including phenoxy) is 4. The topological polar surface area (TPSA) is 108 Å². The van der Waals surface area contributed by atoms with Gasteiger partial charge in [0, 0.05) is 12.8 Å². The van der Waals surface area contributed by atoms with Gasteiger partial charge in [0.15, 0.2) is 6.10 Å². The highest BCUT2D eigenvalue weighted by Gasteiger charge is 2.25. The van der Waals surface area contributed by atoms with Crippen molar-refractivity contribution in [2.24, 2.45) is 0 Å². The molecule has 0 saturated heterocycles. The first-order valence-electron chi connectivity index (χ1n) is 32.1. The van der Waals surface area contributed by atoms with Crippen LogP contribution in [-0.2, 0) is 33.3 Å². The van der Waals surface area contributed by atoms with Gasteiger partial charge in [0.2, 0.25) is 0 Å². The van der Waals surface area contributed by atoms with E-state index in [1.165, 1.54) is 173 Å². The van der Waals surface area contributed by atoms with Gasteiger partial charge in [-0.25, -0.2) is 4.79 Å². The second-order valence-electron chi connectivity index (χ2n) is 22.7. The maximum atomic E-state index is 12.9. The number of likely N-dealkylation sites (N-methyl/N-ethyl adjacent to an activating group) is 1. The summed E-state index contributed by atoms with van der Waals surface area (Å²) in [6, 6.07) is 0. The Kier molecular flexibility index (Phi) is 56.4. The second-order valence-corrected chi connectivity index (χ2v) is 22.7. The van der Waals surface area contributed by atoms with Crippen LogP contribution in [0.5, 0.6) is 0 Å². The van der Waals surface area contributed by atoms with E-state index in [4.69, 9.17) is 18.9 Å². The maximum Gasteiger partial charge on any atom is 0.361 e. The molecule has 0 amide bonds. The molecule has 0 rings (SSSR count). The average Bonchev–Trinajstić information content (AvgIpc) is 3.40. The van der Waals surface area contributed by atoms with Crippen molar-refractivity contribution in [3.63, 3.8) is 0 Å². The molecule has 0 saturated carbocycles. The number of allylic oxidation sites excluding steroid dienone is 12. The number of nitrogens with zero attached hydrogens (tertiary/aromatic N) is 1. The Morgan fingerprint density at radius 2 is 0.740 bits per heavy atom. The van der Waals surface area contributed by atoms with E-state index in [9.17, 15) is 19.5 Å². The number of carbonyl (C=O) groups excluding carboxylic acids is 2. The molecule has 0 aliphatic carbocycles. The Bertz CT molecular complexity index is 1490.